The van der Waals surface area contributed by atoms with Crippen LogP contribution in [0.2, 0.25) is 15.1 Å². The molecule has 0 aliphatic rings. The van der Waals surface area contributed by atoms with Crippen LogP contribution in [0.1, 0.15) is 11.7 Å². The summed E-state index contributed by atoms with van der Waals surface area (Å²) in [6.07, 6.45) is -2.72. The second-order valence-corrected chi connectivity index (χ2v) is 4.14. The van der Waals surface area contributed by atoms with Gasteiger partial charge in [-0.15, -0.1) is 0 Å². The third kappa shape index (κ3) is 2.75. The predicted octanol–water partition coefficient (Wildman–Crippen LogP) is 2.03. The van der Waals surface area contributed by atoms with Gasteiger partial charge in [0.25, 0.3) is 0 Å². The molecule has 2 unspecified atom stereocenters. The van der Waals surface area contributed by atoms with E-state index in [1.54, 1.807) is 0 Å². The predicted molar refractivity (Wildman–Crippen MR) is 59.5 cm³/mol. The highest BCUT2D eigenvalue weighted by molar-refractivity contribution is 6.44. The number of hydrogen-bond donors (Lipinski definition) is 3. The summed E-state index contributed by atoms with van der Waals surface area (Å²) in [5, 5.41) is 28.1. The summed E-state index contributed by atoms with van der Waals surface area (Å²) in [7, 11) is 0. The zero-order chi connectivity index (χ0) is 11.6. The Morgan fingerprint density at radius 1 is 1.07 bits per heavy atom. The Labute approximate surface area is 102 Å². The molecule has 2 atom stereocenters. The second kappa shape index (κ2) is 5.34. The van der Waals surface area contributed by atoms with E-state index in [0.717, 1.165) is 0 Å². The van der Waals surface area contributed by atoms with Crippen LogP contribution in [0.15, 0.2) is 12.1 Å². The summed E-state index contributed by atoms with van der Waals surface area (Å²) in [6.45, 7) is -0.597. The van der Waals surface area contributed by atoms with E-state index in [-0.39, 0.29) is 20.6 Å². The summed E-state index contributed by atoms with van der Waals surface area (Å²) in [5.74, 6) is 0. The van der Waals surface area contributed by atoms with Gasteiger partial charge in [0.2, 0.25) is 0 Å². The van der Waals surface area contributed by atoms with Crippen molar-refractivity contribution in [1.82, 2.24) is 0 Å². The Kier molecular flexibility index (Phi) is 4.64. The third-order valence-electron chi connectivity index (χ3n) is 1.93. The molecule has 0 aromatic heterocycles. The fourth-order valence-electron chi connectivity index (χ4n) is 1.11. The van der Waals surface area contributed by atoms with E-state index in [2.05, 4.69) is 0 Å². The Bertz CT molecular complexity index is 357. The van der Waals surface area contributed by atoms with Crippen LogP contribution >= 0.6 is 34.8 Å². The van der Waals surface area contributed by atoms with Crippen molar-refractivity contribution in [3.05, 3.63) is 32.8 Å². The maximum atomic E-state index is 9.64. The molecule has 3 N–H and O–H groups in total. The van der Waals surface area contributed by atoms with Crippen molar-refractivity contribution in [1.29, 1.82) is 0 Å². The van der Waals surface area contributed by atoms with E-state index < -0.39 is 18.8 Å². The molecule has 1 rings (SSSR count). The van der Waals surface area contributed by atoms with E-state index in [9.17, 15) is 10.2 Å². The van der Waals surface area contributed by atoms with Gasteiger partial charge < -0.3 is 15.3 Å². The van der Waals surface area contributed by atoms with Gasteiger partial charge in [-0.05, 0) is 12.1 Å². The van der Waals surface area contributed by atoms with Crippen LogP contribution in [0.5, 0.6) is 0 Å². The molecule has 0 spiro atoms. The highest BCUT2D eigenvalue weighted by atomic mass is 35.5. The molecule has 0 aliphatic carbocycles. The van der Waals surface area contributed by atoms with E-state index in [4.69, 9.17) is 39.9 Å². The molecule has 0 bridgehead atoms. The van der Waals surface area contributed by atoms with Crippen LogP contribution in [0.25, 0.3) is 0 Å². The molecular formula is C9H9Cl3O3. The van der Waals surface area contributed by atoms with Gasteiger partial charge in [0.15, 0.2) is 0 Å². The van der Waals surface area contributed by atoms with Crippen molar-refractivity contribution < 1.29 is 15.3 Å². The lowest BCUT2D eigenvalue weighted by Gasteiger charge is -2.18. The van der Waals surface area contributed by atoms with Crippen LogP contribution < -0.4 is 0 Å². The van der Waals surface area contributed by atoms with Crippen molar-refractivity contribution in [2.75, 3.05) is 6.61 Å². The van der Waals surface area contributed by atoms with Crippen molar-refractivity contribution in [3.8, 4) is 0 Å². The maximum Gasteiger partial charge on any atom is 0.110 e. The second-order valence-electron chi connectivity index (χ2n) is 2.95. The zero-order valence-corrected chi connectivity index (χ0v) is 9.76. The molecule has 0 heterocycles. The summed E-state index contributed by atoms with van der Waals surface area (Å²) < 4.78 is 0. The molecular weight excluding hydrogens is 262 g/mol. The van der Waals surface area contributed by atoms with Crippen LogP contribution in [0, 0.1) is 0 Å². The van der Waals surface area contributed by atoms with Gasteiger partial charge in [-0.1, -0.05) is 34.8 Å². The fraction of sp³-hybridized carbons (Fsp3) is 0.333. The standard InChI is InChI=1S/C9H9Cl3O3/c10-4-1-2-5(11)8(12)7(4)9(15)6(14)3-13/h1-2,6,9,13-15H,3H2. The molecule has 0 aliphatic heterocycles. The molecule has 84 valence electrons. The van der Waals surface area contributed by atoms with E-state index in [1.165, 1.54) is 12.1 Å². The Balaban J connectivity index is 3.18. The lowest BCUT2D eigenvalue weighted by atomic mass is 10.0. The maximum absolute atomic E-state index is 9.64. The van der Waals surface area contributed by atoms with Crippen molar-refractivity contribution in [3.63, 3.8) is 0 Å². The minimum atomic E-state index is -1.37. The van der Waals surface area contributed by atoms with Crippen LogP contribution in [-0.2, 0) is 0 Å². The summed E-state index contributed by atoms with van der Waals surface area (Å²) in [4.78, 5) is 0. The highest BCUT2D eigenvalue weighted by Gasteiger charge is 2.23. The number of aliphatic hydroxyl groups is 3. The topological polar surface area (TPSA) is 60.7 Å². The zero-order valence-electron chi connectivity index (χ0n) is 7.49. The van der Waals surface area contributed by atoms with Crippen LogP contribution in [0.3, 0.4) is 0 Å². The molecule has 0 saturated carbocycles. The number of halogens is 3. The molecule has 1 aromatic rings. The number of rotatable bonds is 3. The minimum absolute atomic E-state index is 0.0733. The first-order valence-corrected chi connectivity index (χ1v) is 5.22. The van der Waals surface area contributed by atoms with Crippen molar-refractivity contribution >= 4 is 34.8 Å². The van der Waals surface area contributed by atoms with Gasteiger partial charge >= 0.3 is 0 Å². The molecule has 15 heavy (non-hydrogen) atoms. The fourth-order valence-corrected chi connectivity index (χ4v) is 1.87. The summed E-state index contributed by atoms with van der Waals surface area (Å²) >= 11 is 17.4. The van der Waals surface area contributed by atoms with E-state index in [1.807, 2.05) is 0 Å². The van der Waals surface area contributed by atoms with Crippen molar-refractivity contribution in [2.24, 2.45) is 0 Å². The van der Waals surface area contributed by atoms with Gasteiger partial charge in [-0.2, -0.15) is 0 Å². The summed E-state index contributed by atoms with van der Waals surface area (Å²) in [6, 6.07) is 2.94. The number of aliphatic hydroxyl groups excluding tert-OH is 3. The van der Waals surface area contributed by atoms with Gasteiger partial charge in [-0.3, -0.25) is 0 Å². The lowest BCUT2D eigenvalue weighted by molar-refractivity contribution is -0.0151. The first-order chi connectivity index (χ1) is 6.99. The SMILES string of the molecule is OCC(O)C(O)c1c(Cl)ccc(Cl)c1Cl. The van der Waals surface area contributed by atoms with Crippen molar-refractivity contribution in [2.45, 2.75) is 12.2 Å². The van der Waals surface area contributed by atoms with E-state index in [0.29, 0.717) is 0 Å². The van der Waals surface area contributed by atoms with Gasteiger partial charge in [0.1, 0.15) is 12.2 Å². The summed E-state index contributed by atoms with van der Waals surface area (Å²) in [5.41, 5.74) is 0.118. The third-order valence-corrected chi connectivity index (χ3v) is 3.08. The lowest BCUT2D eigenvalue weighted by Crippen LogP contribution is -2.22. The quantitative estimate of drug-likeness (QED) is 0.737. The minimum Gasteiger partial charge on any atom is -0.394 e. The Morgan fingerprint density at radius 2 is 1.60 bits per heavy atom. The largest absolute Gasteiger partial charge is 0.394 e. The molecule has 0 saturated heterocycles. The highest BCUT2D eigenvalue weighted by Crippen LogP contribution is 2.36. The molecule has 3 nitrogen and oxygen atoms in total. The van der Waals surface area contributed by atoms with E-state index >= 15 is 0 Å². The normalized spacial score (nSPS) is 15.1. The smallest absolute Gasteiger partial charge is 0.110 e. The first-order valence-electron chi connectivity index (χ1n) is 4.09. The average molecular weight is 272 g/mol. The molecule has 0 fully saturated rings. The molecule has 1 aromatic carbocycles. The molecule has 0 radical (unpaired) electrons. The average Bonchev–Trinajstić information content (AvgIpc) is 2.22. The monoisotopic (exact) mass is 270 g/mol. The molecule has 6 heteroatoms. The Morgan fingerprint density at radius 3 is 2.13 bits per heavy atom. The number of benzene rings is 1. The number of hydrogen-bond acceptors (Lipinski definition) is 3. The van der Waals surface area contributed by atoms with Gasteiger partial charge in [0.05, 0.1) is 16.7 Å². The van der Waals surface area contributed by atoms with Gasteiger partial charge in [0, 0.05) is 10.6 Å². The first kappa shape index (κ1) is 13.0. The van der Waals surface area contributed by atoms with Crippen LogP contribution in [-0.4, -0.2) is 28.0 Å². The molecule has 0 amide bonds. The van der Waals surface area contributed by atoms with Gasteiger partial charge in [-0.25, -0.2) is 0 Å². The Hall–Kier alpha value is -0.0300. The van der Waals surface area contributed by atoms with Crippen LogP contribution in [0.4, 0.5) is 0 Å².